The molecule has 0 radical (unpaired) electrons. The number of aryl methyl sites for hydroxylation is 1. The molecule has 7 nitrogen and oxygen atoms in total. The van der Waals surface area contributed by atoms with Gasteiger partial charge in [0.1, 0.15) is 0 Å². The molecule has 1 heterocycles. The lowest BCUT2D eigenvalue weighted by Crippen LogP contribution is -2.42. The molecule has 8 heteroatoms. The summed E-state index contributed by atoms with van der Waals surface area (Å²) in [4.78, 5) is 37.1. The molecular weight excluding hydrogens is 400 g/mol. The van der Waals surface area contributed by atoms with Crippen LogP contribution in [0.3, 0.4) is 0 Å². The van der Waals surface area contributed by atoms with Gasteiger partial charge in [0.25, 0.3) is 0 Å². The summed E-state index contributed by atoms with van der Waals surface area (Å²) in [5.41, 5.74) is 7.74. The molecule has 0 aromatic heterocycles. The van der Waals surface area contributed by atoms with E-state index in [0.29, 0.717) is 13.0 Å². The first-order valence-corrected chi connectivity index (χ1v) is 10.7. The molecule has 0 aliphatic carbocycles. The van der Waals surface area contributed by atoms with Crippen LogP contribution in [-0.4, -0.2) is 40.7 Å². The van der Waals surface area contributed by atoms with Crippen LogP contribution in [0, 0.1) is 6.92 Å². The van der Waals surface area contributed by atoms with Gasteiger partial charge in [-0.2, -0.15) is 5.10 Å². The van der Waals surface area contributed by atoms with E-state index in [1.807, 2.05) is 61.5 Å². The van der Waals surface area contributed by atoms with Crippen molar-refractivity contribution in [3.63, 3.8) is 0 Å². The molecule has 0 saturated carbocycles. The predicted molar refractivity (Wildman–Crippen MR) is 117 cm³/mol. The molecule has 3 amide bonds. The Hall–Kier alpha value is -3.13. The summed E-state index contributed by atoms with van der Waals surface area (Å²) in [6.45, 7) is 2.51. The van der Waals surface area contributed by atoms with Gasteiger partial charge in [-0.1, -0.05) is 48.0 Å². The lowest BCUT2D eigenvalue weighted by atomic mass is 10.1. The number of carbonyl (C=O) groups excluding carboxylic acids is 3. The van der Waals surface area contributed by atoms with E-state index in [-0.39, 0.29) is 30.4 Å². The van der Waals surface area contributed by atoms with Crippen molar-refractivity contribution in [1.29, 1.82) is 0 Å². The quantitative estimate of drug-likeness (QED) is 0.528. The third kappa shape index (κ3) is 6.45. The van der Waals surface area contributed by atoms with Gasteiger partial charge in [0.15, 0.2) is 0 Å². The highest BCUT2D eigenvalue weighted by Crippen LogP contribution is 2.17. The summed E-state index contributed by atoms with van der Waals surface area (Å²) in [5.74, 6) is -0.745. The number of hydrogen-bond donors (Lipinski definition) is 2. The Balaban J connectivity index is 1.35. The zero-order chi connectivity index (χ0) is 21.3. The van der Waals surface area contributed by atoms with Crippen molar-refractivity contribution in [1.82, 2.24) is 15.9 Å². The highest BCUT2D eigenvalue weighted by atomic mass is 32.2. The summed E-state index contributed by atoms with van der Waals surface area (Å²) in [6, 6.07) is 17.6. The van der Waals surface area contributed by atoms with E-state index in [1.54, 1.807) is 0 Å². The molecule has 0 bridgehead atoms. The van der Waals surface area contributed by atoms with Crippen LogP contribution in [0.5, 0.6) is 0 Å². The molecule has 3 rings (SSSR count). The number of nitrogens with one attached hydrogen (secondary N) is 2. The number of amides is 3. The zero-order valence-corrected chi connectivity index (χ0v) is 17.6. The average molecular weight is 425 g/mol. The van der Waals surface area contributed by atoms with E-state index < -0.39 is 5.91 Å². The third-order valence-electron chi connectivity index (χ3n) is 4.49. The molecule has 2 N–H and O–H groups in total. The van der Waals surface area contributed by atoms with Gasteiger partial charge < -0.3 is 0 Å². The van der Waals surface area contributed by atoms with E-state index in [1.165, 1.54) is 16.8 Å². The molecule has 0 atom stereocenters. The molecule has 0 fully saturated rings. The number of hydrazine groups is 1. The van der Waals surface area contributed by atoms with Gasteiger partial charge >= 0.3 is 0 Å². The molecule has 1 aliphatic rings. The Bertz CT molecular complexity index is 929. The van der Waals surface area contributed by atoms with E-state index >= 15 is 0 Å². The number of hydrogen-bond acceptors (Lipinski definition) is 5. The largest absolute Gasteiger partial charge is 0.273 e. The molecule has 0 saturated heterocycles. The van der Waals surface area contributed by atoms with Crippen molar-refractivity contribution in [3.05, 3.63) is 65.7 Å². The van der Waals surface area contributed by atoms with Gasteiger partial charge in [0.05, 0.1) is 18.0 Å². The van der Waals surface area contributed by atoms with Crippen molar-refractivity contribution >= 4 is 35.2 Å². The minimum Gasteiger partial charge on any atom is -0.273 e. The molecule has 1 aliphatic heterocycles. The van der Waals surface area contributed by atoms with E-state index in [0.717, 1.165) is 21.7 Å². The molecule has 30 heavy (non-hydrogen) atoms. The van der Waals surface area contributed by atoms with Gasteiger partial charge in [-0.15, -0.1) is 11.8 Å². The number of benzene rings is 2. The molecule has 0 spiro atoms. The molecule has 0 unspecified atom stereocenters. The average Bonchev–Trinajstić information content (AvgIpc) is 3.27. The summed E-state index contributed by atoms with van der Waals surface area (Å²) < 4.78 is 0. The lowest BCUT2D eigenvalue weighted by Gasteiger charge is -2.11. The van der Waals surface area contributed by atoms with Crippen molar-refractivity contribution in [2.24, 2.45) is 5.10 Å². The van der Waals surface area contributed by atoms with Crippen LogP contribution >= 0.6 is 11.8 Å². The monoisotopic (exact) mass is 424 g/mol. The van der Waals surface area contributed by atoms with Crippen LogP contribution in [0.1, 0.15) is 30.4 Å². The van der Waals surface area contributed by atoms with Crippen molar-refractivity contribution in [2.45, 2.75) is 31.1 Å². The Labute approximate surface area is 179 Å². The SMILES string of the molecule is Cc1ccc(SCC(=O)NNC(=O)CCC(=O)N2CCC(c3ccccc3)=N2)cc1. The molecule has 2 aromatic carbocycles. The van der Waals surface area contributed by atoms with Gasteiger partial charge in [-0.25, -0.2) is 5.01 Å². The van der Waals surface area contributed by atoms with Crippen molar-refractivity contribution in [2.75, 3.05) is 12.3 Å². The first kappa shape index (κ1) is 21.6. The third-order valence-corrected chi connectivity index (χ3v) is 5.51. The topological polar surface area (TPSA) is 90.9 Å². The standard InChI is InChI=1S/C22H24N4O3S/c1-16-7-9-18(10-8-16)30-15-21(28)24-23-20(27)11-12-22(29)26-14-13-19(25-26)17-5-3-2-4-6-17/h2-10H,11-15H2,1H3,(H,23,27)(H,24,28). The second-order valence-corrected chi connectivity index (χ2v) is 7.93. The molecular formula is C22H24N4O3S. The second-order valence-electron chi connectivity index (χ2n) is 6.88. The fraction of sp³-hybridized carbons (Fsp3) is 0.273. The normalized spacial score (nSPS) is 13.0. The van der Waals surface area contributed by atoms with Crippen LogP contribution in [0.25, 0.3) is 0 Å². The summed E-state index contributed by atoms with van der Waals surface area (Å²) >= 11 is 1.38. The predicted octanol–water partition coefficient (Wildman–Crippen LogP) is 2.65. The highest BCUT2D eigenvalue weighted by Gasteiger charge is 2.21. The maximum Gasteiger partial charge on any atom is 0.248 e. The summed E-state index contributed by atoms with van der Waals surface area (Å²) in [6.07, 6.45) is 0.707. The number of carbonyl (C=O) groups is 3. The number of nitrogens with zero attached hydrogens (tertiary/aromatic N) is 2. The van der Waals surface area contributed by atoms with E-state index in [2.05, 4.69) is 16.0 Å². The Kier molecular flexibility index (Phi) is 7.62. The summed E-state index contributed by atoms with van der Waals surface area (Å²) in [5, 5.41) is 5.77. The van der Waals surface area contributed by atoms with Gasteiger partial charge in [-0.05, 0) is 24.6 Å². The smallest absolute Gasteiger partial charge is 0.248 e. The van der Waals surface area contributed by atoms with Crippen molar-refractivity contribution < 1.29 is 14.4 Å². The second kappa shape index (κ2) is 10.6. The molecule has 2 aromatic rings. The highest BCUT2D eigenvalue weighted by molar-refractivity contribution is 8.00. The minimum absolute atomic E-state index is 0.0170. The van der Waals surface area contributed by atoms with Crippen LogP contribution in [-0.2, 0) is 14.4 Å². The van der Waals surface area contributed by atoms with Gasteiger partial charge in [0, 0.05) is 24.2 Å². The first-order valence-electron chi connectivity index (χ1n) is 9.71. The van der Waals surface area contributed by atoms with Gasteiger partial charge in [0.2, 0.25) is 17.7 Å². The first-order chi connectivity index (χ1) is 14.5. The van der Waals surface area contributed by atoms with Crippen LogP contribution in [0.2, 0.25) is 0 Å². The number of thioether (sulfide) groups is 1. The van der Waals surface area contributed by atoms with Crippen molar-refractivity contribution in [3.8, 4) is 0 Å². The maximum absolute atomic E-state index is 12.3. The number of rotatable bonds is 7. The molecule has 156 valence electrons. The Morgan fingerprint density at radius 1 is 0.967 bits per heavy atom. The zero-order valence-electron chi connectivity index (χ0n) is 16.8. The van der Waals surface area contributed by atoms with Crippen LogP contribution in [0.15, 0.2) is 64.6 Å². The Morgan fingerprint density at radius 3 is 2.40 bits per heavy atom. The van der Waals surface area contributed by atoms with E-state index in [4.69, 9.17) is 0 Å². The van der Waals surface area contributed by atoms with E-state index in [9.17, 15) is 14.4 Å². The maximum atomic E-state index is 12.3. The minimum atomic E-state index is -0.413. The van der Waals surface area contributed by atoms with Crippen LogP contribution in [0.4, 0.5) is 0 Å². The van der Waals surface area contributed by atoms with Gasteiger partial charge in [-0.3, -0.25) is 25.2 Å². The summed E-state index contributed by atoms with van der Waals surface area (Å²) in [7, 11) is 0. The fourth-order valence-electron chi connectivity index (χ4n) is 2.84. The number of hydrazone groups is 1. The fourth-order valence-corrected chi connectivity index (χ4v) is 3.54. The van der Waals surface area contributed by atoms with Crippen LogP contribution < -0.4 is 10.9 Å². The lowest BCUT2D eigenvalue weighted by molar-refractivity contribution is -0.133. The Morgan fingerprint density at radius 2 is 1.67 bits per heavy atom.